The van der Waals surface area contributed by atoms with Crippen molar-refractivity contribution in [3.8, 4) is 0 Å². The third kappa shape index (κ3) is 2.22. The monoisotopic (exact) mass is 282 g/mol. The van der Waals surface area contributed by atoms with Crippen LogP contribution in [-0.2, 0) is 14.3 Å². The van der Waals surface area contributed by atoms with Crippen LogP contribution in [0.2, 0.25) is 0 Å². The lowest BCUT2D eigenvalue weighted by Gasteiger charge is -2.43. The van der Waals surface area contributed by atoms with Crippen molar-refractivity contribution in [2.24, 2.45) is 5.41 Å². The van der Waals surface area contributed by atoms with E-state index >= 15 is 0 Å². The summed E-state index contributed by atoms with van der Waals surface area (Å²) in [5, 5.41) is 2.35. The molecule has 0 saturated carbocycles. The van der Waals surface area contributed by atoms with Gasteiger partial charge in [0, 0.05) is 12.6 Å². The average molecular weight is 282 g/mol. The normalized spacial score (nSPS) is 30.4. The zero-order valence-electron chi connectivity index (χ0n) is 12.3. The molecule has 2 saturated heterocycles. The molecule has 6 nitrogen and oxygen atoms in total. The minimum absolute atomic E-state index is 0.0182. The molecule has 0 aromatic carbocycles. The topological polar surface area (TPSA) is 75.7 Å². The molecular weight excluding hydrogens is 260 g/mol. The number of carbonyl (C=O) groups is 3. The Balaban J connectivity index is 2.30. The van der Waals surface area contributed by atoms with Gasteiger partial charge in [0.05, 0.1) is 6.10 Å². The molecule has 2 rings (SSSR count). The summed E-state index contributed by atoms with van der Waals surface area (Å²) in [5.41, 5.74) is -1.10. The summed E-state index contributed by atoms with van der Waals surface area (Å²) in [6, 6.07) is -0.770. The number of urea groups is 1. The Kier molecular flexibility index (Phi) is 4.13. The van der Waals surface area contributed by atoms with Crippen molar-refractivity contribution in [1.82, 2.24) is 10.2 Å². The van der Waals surface area contributed by atoms with E-state index in [9.17, 15) is 14.4 Å². The Hall–Kier alpha value is -1.43. The van der Waals surface area contributed by atoms with Crippen LogP contribution < -0.4 is 5.32 Å². The van der Waals surface area contributed by atoms with Crippen molar-refractivity contribution in [2.75, 3.05) is 6.61 Å². The van der Waals surface area contributed by atoms with Gasteiger partial charge in [0.25, 0.3) is 0 Å². The Morgan fingerprint density at radius 2 is 1.95 bits per heavy atom. The SMILES string of the molecule is CCC1(CC)C(=O)NC(=O)N(C2CCOC(C)C2)C1=O. The van der Waals surface area contributed by atoms with Crippen molar-refractivity contribution in [3.05, 3.63) is 0 Å². The highest BCUT2D eigenvalue weighted by Crippen LogP contribution is 2.35. The number of ether oxygens (including phenoxy) is 1. The number of nitrogens with one attached hydrogen (secondary N) is 1. The van der Waals surface area contributed by atoms with Gasteiger partial charge in [-0.2, -0.15) is 0 Å². The first kappa shape index (κ1) is 15.0. The van der Waals surface area contributed by atoms with Gasteiger partial charge < -0.3 is 4.74 Å². The van der Waals surface area contributed by atoms with E-state index in [1.165, 1.54) is 4.90 Å². The van der Waals surface area contributed by atoms with Crippen LogP contribution in [0.25, 0.3) is 0 Å². The number of hydrogen-bond acceptors (Lipinski definition) is 4. The molecule has 2 atom stereocenters. The quantitative estimate of drug-likeness (QED) is 0.795. The number of amides is 4. The van der Waals surface area contributed by atoms with Gasteiger partial charge in [-0.1, -0.05) is 13.8 Å². The van der Waals surface area contributed by atoms with E-state index < -0.39 is 17.4 Å². The summed E-state index contributed by atoms with van der Waals surface area (Å²) in [6.07, 6.45) is 2.07. The maximum absolute atomic E-state index is 12.7. The summed E-state index contributed by atoms with van der Waals surface area (Å²) in [4.78, 5) is 38.2. The van der Waals surface area contributed by atoms with E-state index in [0.29, 0.717) is 32.3 Å². The minimum Gasteiger partial charge on any atom is -0.378 e. The third-order valence-electron chi connectivity index (χ3n) is 4.53. The maximum Gasteiger partial charge on any atom is 0.331 e. The van der Waals surface area contributed by atoms with Gasteiger partial charge in [-0.05, 0) is 32.6 Å². The van der Waals surface area contributed by atoms with Crippen LogP contribution in [-0.4, -0.2) is 41.5 Å². The van der Waals surface area contributed by atoms with Crippen molar-refractivity contribution in [1.29, 1.82) is 0 Å². The molecule has 112 valence electrons. The van der Waals surface area contributed by atoms with Gasteiger partial charge in [0.2, 0.25) is 11.8 Å². The predicted octanol–water partition coefficient (Wildman–Crippen LogP) is 1.44. The third-order valence-corrected chi connectivity index (χ3v) is 4.53. The van der Waals surface area contributed by atoms with E-state index in [1.807, 2.05) is 20.8 Å². The van der Waals surface area contributed by atoms with Crippen LogP contribution in [0.5, 0.6) is 0 Å². The van der Waals surface area contributed by atoms with Crippen LogP contribution in [0.15, 0.2) is 0 Å². The van der Waals surface area contributed by atoms with Gasteiger partial charge in [0.15, 0.2) is 0 Å². The van der Waals surface area contributed by atoms with E-state index in [-0.39, 0.29) is 18.1 Å². The molecule has 0 radical (unpaired) electrons. The van der Waals surface area contributed by atoms with Crippen molar-refractivity contribution in [3.63, 3.8) is 0 Å². The molecule has 0 bridgehead atoms. The lowest BCUT2D eigenvalue weighted by molar-refractivity contribution is -0.155. The maximum atomic E-state index is 12.7. The molecular formula is C14H22N2O4. The first-order chi connectivity index (χ1) is 9.46. The molecule has 2 heterocycles. The van der Waals surface area contributed by atoms with E-state index in [0.717, 1.165) is 0 Å². The van der Waals surface area contributed by atoms with Crippen LogP contribution in [0, 0.1) is 5.41 Å². The zero-order valence-corrected chi connectivity index (χ0v) is 12.3. The highest BCUT2D eigenvalue weighted by atomic mass is 16.5. The Bertz CT molecular complexity index is 431. The van der Waals surface area contributed by atoms with Gasteiger partial charge in [-0.3, -0.25) is 19.8 Å². The Morgan fingerprint density at radius 1 is 1.30 bits per heavy atom. The molecule has 2 unspecified atom stereocenters. The fourth-order valence-electron chi connectivity index (χ4n) is 3.11. The number of hydrogen-bond donors (Lipinski definition) is 1. The highest BCUT2D eigenvalue weighted by Gasteiger charge is 2.53. The molecule has 2 aliphatic rings. The predicted molar refractivity (Wildman–Crippen MR) is 71.8 cm³/mol. The molecule has 4 amide bonds. The highest BCUT2D eigenvalue weighted by molar-refractivity contribution is 6.19. The van der Waals surface area contributed by atoms with Crippen LogP contribution >= 0.6 is 0 Å². The standard InChI is InChI=1S/C14H22N2O4/c1-4-14(5-2)11(17)15-13(19)16(12(14)18)10-6-7-20-9(3)8-10/h9-10H,4-8H2,1-3H3,(H,15,17,19). The molecule has 2 fully saturated rings. The Morgan fingerprint density at radius 3 is 2.50 bits per heavy atom. The first-order valence-corrected chi connectivity index (χ1v) is 7.27. The molecule has 6 heteroatoms. The molecule has 0 aliphatic carbocycles. The minimum atomic E-state index is -1.10. The van der Waals surface area contributed by atoms with Crippen molar-refractivity contribution >= 4 is 17.8 Å². The summed E-state index contributed by atoms with van der Waals surface area (Å²) >= 11 is 0. The van der Waals surface area contributed by atoms with E-state index in [4.69, 9.17) is 4.74 Å². The number of nitrogens with zero attached hydrogens (tertiary/aromatic N) is 1. The van der Waals surface area contributed by atoms with E-state index in [2.05, 4.69) is 5.32 Å². The lowest BCUT2D eigenvalue weighted by atomic mass is 9.78. The fourth-order valence-corrected chi connectivity index (χ4v) is 3.11. The Labute approximate surface area is 118 Å². The fraction of sp³-hybridized carbons (Fsp3) is 0.786. The largest absolute Gasteiger partial charge is 0.378 e. The van der Waals surface area contributed by atoms with Gasteiger partial charge in [-0.15, -0.1) is 0 Å². The molecule has 2 aliphatic heterocycles. The summed E-state index contributed by atoms with van der Waals surface area (Å²) in [7, 11) is 0. The van der Waals surface area contributed by atoms with Crippen LogP contribution in [0.4, 0.5) is 4.79 Å². The summed E-state index contributed by atoms with van der Waals surface area (Å²) in [5.74, 6) is -0.816. The molecule has 0 aromatic rings. The van der Waals surface area contributed by atoms with Crippen LogP contribution in [0.1, 0.15) is 46.5 Å². The second-order valence-corrected chi connectivity index (χ2v) is 5.58. The second-order valence-electron chi connectivity index (χ2n) is 5.58. The van der Waals surface area contributed by atoms with Gasteiger partial charge >= 0.3 is 6.03 Å². The zero-order chi connectivity index (χ0) is 14.9. The molecule has 0 aromatic heterocycles. The first-order valence-electron chi connectivity index (χ1n) is 7.27. The number of barbiturate groups is 1. The summed E-state index contributed by atoms with van der Waals surface area (Å²) in [6.45, 7) is 6.07. The van der Waals surface area contributed by atoms with Crippen molar-refractivity contribution in [2.45, 2.75) is 58.6 Å². The summed E-state index contributed by atoms with van der Waals surface area (Å²) < 4.78 is 5.46. The average Bonchev–Trinajstić information content (AvgIpc) is 2.40. The van der Waals surface area contributed by atoms with E-state index in [1.54, 1.807) is 0 Å². The number of carbonyl (C=O) groups excluding carboxylic acids is 3. The van der Waals surface area contributed by atoms with Crippen LogP contribution in [0.3, 0.4) is 0 Å². The van der Waals surface area contributed by atoms with Gasteiger partial charge in [0.1, 0.15) is 5.41 Å². The van der Waals surface area contributed by atoms with Crippen molar-refractivity contribution < 1.29 is 19.1 Å². The second kappa shape index (κ2) is 5.52. The molecule has 20 heavy (non-hydrogen) atoms. The van der Waals surface area contributed by atoms with Gasteiger partial charge in [-0.25, -0.2) is 4.79 Å². The number of imide groups is 2. The smallest absolute Gasteiger partial charge is 0.331 e. The lowest BCUT2D eigenvalue weighted by Crippen LogP contribution is -2.66. The number of rotatable bonds is 3. The molecule has 1 N–H and O–H groups in total. The molecule has 0 spiro atoms.